The van der Waals surface area contributed by atoms with E-state index in [1.807, 2.05) is 6.07 Å². The summed E-state index contributed by atoms with van der Waals surface area (Å²) in [6.07, 6.45) is 9.28. The van der Waals surface area contributed by atoms with Crippen molar-refractivity contribution in [1.29, 1.82) is 0 Å². The summed E-state index contributed by atoms with van der Waals surface area (Å²) in [5.41, 5.74) is 3.86. The molecule has 0 fully saturated rings. The van der Waals surface area contributed by atoms with E-state index in [0.717, 1.165) is 23.7 Å². The summed E-state index contributed by atoms with van der Waals surface area (Å²) in [5.74, 6) is 0. The normalized spacial score (nSPS) is 15.4. The molecule has 19 heavy (non-hydrogen) atoms. The van der Waals surface area contributed by atoms with Crippen LogP contribution in [0.1, 0.15) is 31.2 Å². The maximum absolute atomic E-state index is 10.9. The molecule has 0 saturated carbocycles. The number of aromatic nitrogens is 1. The minimum atomic E-state index is -0.323. The first-order valence-corrected chi connectivity index (χ1v) is 8.41. The molecule has 1 aromatic heterocycles. The van der Waals surface area contributed by atoms with Gasteiger partial charge in [0.15, 0.2) is 0 Å². The van der Waals surface area contributed by atoms with Crippen LogP contribution in [0.25, 0.3) is 16.5 Å². The molecule has 3 rings (SSSR count). The predicted octanol–water partition coefficient (Wildman–Crippen LogP) is 3.44. The summed E-state index contributed by atoms with van der Waals surface area (Å²) in [4.78, 5) is 10.5. The first-order valence-electron chi connectivity index (χ1n) is 6.41. The Kier molecular flexibility index (Phi) is 3.42. The van der Waals surface area contributed by atoms with Crippen LogP contribution < -0.4 is 0 Å². The molecule has 0 aliphatic heterocycles. The van der Waals surface area contributed by atoms with E-state index in [9.17, 15) is 10.1 Å². The number of benzene rings is 1. The van der Waals surface area contributed by atoms with E-state index in [4.69, 9.17) is 0 Å². The molecule has 0 saturated heterocycles. The predicted molar refractivity (Wildman–Crippen MR) is 76.2 cm³/mol. The van der Waals surface area contributed by atoms with Crippen molar-refractivity contribution < 1.29 is 4.92 Å². The Morgan fingerprint density at radius 2 is 2.16 bits per heavy atom. The molecular formula is C14H13N2O2Tl. The van der Waals surface area contributed by atoms with Crippen LogP contribution in [0.4, 0.5) is 5.69 Å². The molecule has 5 heteroatoms. The Balaban J connectivity index is 2.17. The fourth-order valence-corrected chi connectivity index (χ4v) is 4.10. The SMILES string of the molecule is O=[N+]([O-])c1ccc2c(C3=CCCCC3)c[n]([Tl])c2c1. The van der Waals surface area contributed by atoms with Gasteiger partial charge in [0.2, 0.25) is 0 Å². The van der Waals surface area contributed by atoms with Crippen LogP contribution in [0.2, 0.25) is 0 Å². The maximum atomic E-state index is 10.9. The van der Waals surface area contributed by atoms with E-state index in [0.29, 0.717) is 26.1 Å². The van der Waals surface area contributed by atoms with Crippen LogP contribution in [-0.2, 0) is 0 Å². The Morgan fingerprint density at radius 1 is 1.32 bits per heavy atom. The van der Waals surface area contributed by atoms with Gasteiger partial charge in [-0.2, -0.15) is 0 Å². The molecule has 1 aromatic carbocycles. The summed E-state index contributed by atoms with van der Waals surface area (Å²) < 4.78 is 2.15. The number of nitrogens with zero attached hydrogens (tertiary/aromatic N) is 2. The molecular weight excluding hydrogens is 433 g/mol. The first-order chi connectivity index (χ1) is 9.16. The Morgan fingerprint density at radius 3 is 2.84 bits per heavy atom. The third-order valence-corrected chi connectivity index (χ3v) is 5.33. The molecule has 0 amide bonds. The van der Waals surface area contributed by atoms with Gasteiger partial charge >= 0.3 is 127 Å². The molecule has 4 nitrogen and oxygen atoms in total. The summed E-state index contributed by atoms with van der Waals surface area (Å²) in [7, 11) is 0. The van der Waals surface area contributed by atoms with Crippen molar-refractivity contribution in [2.45, 2.75) is 25.7 Å². The number of fused-ring (bicyclic) bond motifs is 1. The van der Waals surface area contributed by atoms with Gasteiger partial charge in [-0.3, -0.25) is 0 Å². The van der Waals surface area contributed by atoms with Crippen molar-refractivity contribution in [1.82, 2.24) is 2.38 Å². The average Bonchev–Trinajstić information content (AvgIpc) is 2.77. The molecule has 1 heterocycles. The van der Waals surface area contributed by atoms with Gasteiger partial charge in [-0.15, -0.1) is 0 Å². The van der Waals surface area contributed by atoms with Crippen molar-refractivity contribution in [2.24, 2.45) is 0 Å². The van der Waals surface area contributed by atoms with Gasteiger partial charge in [0.25, 0.3) is 0 Å². The summed E-state index contributed by atoms with van der Waals surface area (Å²) in [6, 6.07) is 5.21. The molecule has 0 N–H and O–H groups in total. The van der Waals surface area contributed by atoms with Crippen molar-refractivity contribution in [2.75, 3.05) is 0 Å². The monoisotopic (exact) mass is 446 g/mol. The number of nitro groups is 1. The molecule has 0 bridgehead atoms. The quantitative estimate of drug-likeness (QED) is 0.404. The van der Waals surface area contributed by atoms with Crippen molar-refractivity contribution in [3.05, 3.63) is 46.1 Å². The third-order valence-electron chi connectivity index (χ3n) is 3.67. The van der Waals surface area contributed by atoms with Crippen molar-refractivity contribution >= 4 is 48.2 Å². The number of allylic oxidation sites excluding steroid dienone is 2. The fourth-order valence-electron chi connectivity index (χ4n) is 2.69. The van der Waals surface area contributed by atoms with Crippen LogP contribution in [0, 0.1) is 10.1 Å². The Hall–Kier alpha value is -1.18. The minimum absolute atomic E-state index is 0.177. The molecule has 1 aliphatic carbocycles. The standard InChI is InChI=1S/C14H13N2O2.Tl/c17-16(18)11-6-7-12-13(9-15-14(12)8-11)10-4-2-1-3-5-10;/h4,6-9H,1-3,5H2;/q-1;+1. The fraction of sp³-hybridized carbons (Fsp3) is 0.286. The van der Waals surface area contributed by atoms with E-state index >= 15 is 0 Å². The second-order valence-corrected chi connectivity index (χ2v) is 7.05. The zero-order chi connectivity index (χ0) is 13.4. The van der Waals surface area contributed by atoms with Crippen molar-refractivity contribution in [3.8, 4) is 0 Å². The summed E-state index contributed by atoms with van der Waals surface area (Å²) in [5, 5.41) is 12.0. The van der Waals surface area contributed by atoms with E-state index in [-0.39, 0.29) is 10.6 Å². The first kappa shape index (κ1) is 12.8. The van der Waals surface area contributed by atoms with Gasteiger partial charge in [0.05, 0.1) is 0 Å². The van der Waals surface area contributed by atoms with Gasteiger partial charge in [-0.1, -0.05) is 0 Å². The van der Waals surface area contributed by atoms with E-state index in [1.165, 1.54) is 24.0 Å². The van der Waals surface area contributed by atoms with E-state index < -0.39 is 0 Å². The van der Waals surface area contributed by atoms with Crippen LogP contribution >= 0.6 is 0 Å². The number of non-ortho nitro benzene ring substituents is 1. The Labute approximate surface area is 127 Å². The second-order valence-electron chi connectivity index (χ2n) is 4.88. The number of hydrogen-bond acceptors (Lipinski definition) is 2. The van der Waals surface area contributed by atoms with E-state index in [1.54, 1.807) is 12.1 Å². The van der Waals surface area contributed by atoms with Gasteiger partial charge in [-0.05, 0) is 0 Å². The molecule has 0 spiro atoms. The van der Waals surface area contributed by atoms with Crippen molar-refractivity contribution in [3.63, 3.8) is 0 Å². The summed E-state index contributed by atoms with van der Waals surface area (Å²) >= 11 is 0.618. The topological polar surface area (TPSA) is 48.1 Å². The molecule has 0 unspecified atom stereocenters. The molecule has 2 aromatic rings. The Bertz CT molecular complexity index is 688. The molecule has 1 aliphatic rings. The van der Waals surface area contributed by atoms with E-state index in [2.05, 4.69) is 14.6 Å². The molecule has 0 atom stereocenters. The van der Waals surface area contributed by atoms with Gasteiger partial charge in [-0.25, -0.2) is 0 Å². The third kappa shape index (κ3) is 2.33. The zero-order valence-corrected chi connectivity index (χ0v) is 15.0. The zero-order valence-electron chi connectivity index (χ0n) is 10.5. The number of hydrogen-bond donors (Lipinski definition) is 0. The molecule has 94 valence electrons. The van der Waals surface area contributed by atoms with Crippen LogP contribution in [0.15, 0.2) is 30.5 Å². The second kappa shape index (κ2) is 5.07. The number of rotatable bonds is 2. The van der Waals surface area contributed by atoms with Crippen LogP contribution in [0.5, 0.6) is 0 Å². The molecule has 0 radical (unpaired) electrons. The van der Waals surface area contributed by atoms with Crippen LogP contribution in [0.3, 0.4) is 0 Å². The number of nitro benzene ring substituents is 1. The summed E-state index contributed by atoms with van der Waals surface area (Å²) in [6.45, 7) is 0. The van der Waals surface area contributed by atoms with Gasteiger partial charge < -0.3 is 0 Å². The van der Waals surface area contributed by atoms with Gasteiger partial charge in [0.1, 0.15) is 0 Å². The average molecular weight is 446 g/mol. The van der Waals surface area contributed by atoms with Crippen LogP contribution in [-0.4, -0.2) is 33.4 Å². The van der Waals surface area contributed by atoms with Gasteiger partial charge in [0, 0.05) is 0 Å².